The van der Waals surface area contributed by atoms with E-state index in [0.717, 1.165) is 0 Å². The molecule has 0 aliphatic rings. The smallest absolute Gasteiger partial charge is 0.164 e. The van der Waals surface area contributed by atoms with E-state index < -0.39 is 0 Å². The van der Waals surface area contributed by atoms with Crippen molar-refractivity contribution in [2.45, 2.75) is 6.92 Å². The summed E-state index contributed by atoms with van der Waals surface area (Å²) in [6, 6.07) is 0. The van der Waals surface area contributed by atoms with Crippen molar-refractivity contribution in [3.63, 3.8) is 0 Å². The summed E-state index contributed by atoms with van der Waals surface area (Å²) < 4.78 is 0. The molecule has 0 bridgehead atoms. The standard InChI is InChI=1S/C7H11N3O2/c1-2-3(8)7(12)5(10)4(9)6(2)11/h11-12H,8-10H2,1H3. The maximum atomic E-state index is 9.30. The Balaban J connectivity index is 3.60. The van der Waals surface area contributed by atoms with Crippen molar-refractivity contribution in [1.82, 2.24) is 0 Å². The van der Waals surface area contributed by atoms with Crippen LogP contribution in [0.5, 0.6) is 11.5 Å². The van der Waals surface area contributed by atoms with Gasteiger partial charge in [0.05, 0.1) is 5.69 Å². The molecule has 0 aliphatic carbocycles. The van der Waals surface area contributed by atoms with Crippen LogP contribution in [0.25, 0.3) is 0 Å². The van der Waals surface area contributed by atoms with Gasteiger partial charge in [-0.15, -0.1) is 0 Å². The van der Waals surface area contributed by atoms with Gasteiger partial charge in [-0.05, 0) is 6.92 Å². The largest absolute Gasteiger partial charge is 0.505 e. The second-order valence-corrected chi connectivity index (χ2v) is 2.56. The first-order valence-electron chi connectivity index (χ1n) is 3.31. The maximum Gasteiger partial charge on any atom is 0.164 e. The minimum atomic E-state index is -0.275. The highest BCUT2D eigenvalue weighted by Gasteiger charge is 2.14. The molecule has 0 amide bonds. The number of nitrogen functional groups attached to an aromatic ring is 3. The minimum Gasteiger partial charge on any atom is -0.505 e. The van der Waals surface area contributed by atoms with E-state index in [1.54, 1.807) is 6.92 Å². The monoisotopic (exact) mass is 169 g/mol. The molecule has 0 heterocycles. The minimum absolute atomic E-state index is 0.0424. The summed E-state index contributed by atoms with van der Waals surface area (Å²) >= 11 is 0. The average Bonchev–Trinajstić information content (AvgIpc) is 2.08. The first kappa shape index (κ1) is 8.32. The van der Waals surface area contributed by atoms with Crippen LogP contribution in [0.3, 0.4) is 0 Å². The normalized spacial score (nSPS) is 10.1. The van der Waals surface area contributed by atoms with Crippen molar-refractivity contribution >= 4 is 17.1 Å². The number of hydrogen-bond donors (Lipinski definition) is 5. The van der Waals surface area contributed by atoms with Gasteiger partial charge in [0.25, 0.3) is 0 Å². The van der Waals surface area contributed by atoms with Crippen LogP contribution >= 0.6 is 0 Å². The number of hydrogen-bond acceptors (Lipinski definition) is 5. The summed E-state index contributed by atoms with van der Waals surface area (Å²) in [5.41, 5.74) is 16.4. The van der Waals surface area contributed by atoms with Crippen LogP contribution in [0.2, 0.25) is 0 Å². The van der Waals surface area contributed by atoms with Crippen molar-refractivity contribution in [1.29, 1.82) is 0 Å². The van der Waals surface area contributed by atoms with Crippen LogP contribution in [0.1, 0.15) is 5.56 Å². The van der Waals surface area contributed by atoms with E-state index in [4.69, 9.17) is 17.2 Å². The van der Waals surface area contributed by atoms with Crippen LogP contribution in [-0.4, -0.2) is 10.2 Å². The summed E-state index contributed by atoms with van der Waals surface area (Å²) in [4.78, 5) is 0. The fourth-order valence-electron chi connectivity index (χ4n) is 0.907. The molecule has 5 heteroatoms. The molecule has 1 aromatic carbocycles. The van der Waals surface area contributed by atoms with Crippen LogP contribution in [0.4, 0.5) is 17.1 Å². The van der Waals surface area contributed by atoms with E-state index >= 15 is 0 Å². The predicted octanol–water partition coefficient (Wildman–Crippen LogP) is 0.153. The number of anilines is 3. The lowest BCUT2D eigenvalue weighted by molar-refractivity contribution is 0.463. The molecular weight excluding hydrogens is 158 g/mol. The number of aromatic hydroxyl groups is 2. The summed E-state index contributed by atoms with van der Waals surface area (Å²) in [5.74, 6) is -0.453. The highest BCUT2D eigenvalue weighted by molar-refractivity contribution is 5.86. The second-order valence-electron chi connectivity index (χ2n) is 2.56. The Morgan fingerprint density at radius 1 is 0.833 bits per heavy atom. The van der Waals surface area contributed by atoms with Crippen molar-refractivity contribution in [3.8, 4) is 11.5 Å². The Morgan fingerprint density at radius 2 is 1.25 bits per heavy atom. The number of nitrogens with two attached hydrogens (primary N) is 3. The maximum absolute atomic E-state index is 9.30. The number of rotatable bonds is 0. The zero-order valence-electron chi connectivity index (χ0n) is 6.63. The van der Waals surface area contributed by atoms with Crippen LogP contribution in [0, 0.1) is 6.92 Å². The molecule has 66 valence electrons. The van der Waals surface area contributed by atoms with E-state index in [1.807, 2.05) is 0 Å². The molecule has 0 radical (unpaired) electrons. The third kappa shape index (κ3) is 0.868. The van der Waals surface area contributed by atoms with Gasteiger partial charge < -0.3 is 27.4 Å². The third-order valence-electron chi connectivity index (χ3n) is 1.81. The lowest BCUT2D eigenvalue weighted by atomic mass is 10.1. The van der Waals surface area contributed by atoms with Crippen molar-refractivity contribution in [3.05, 3.63) is 5.56 Å². The molecule has 0 aromatic heterocycles. The molecule has 0 saturated heterocycles. The van der Waals surface area contributed by atoms with Crippen LogP contribution in [-0.2, 0) is 0 Å². The molecule has 0 unspecified atom stereocenters. The number of phenols is 2. The molecule has 1 aromatic rings. The van der Waals surface area contributed by atoms with E-state index in [9.17, 15) is 10.2 Å². The summed E-state index contributed by atoms with van der Waals surface area (Å²) in [5, 5.41) is 18.5. The molecule has 0 fully saturated rings. The lowest BCUT2D eigenvalue weighted by Crippen LogP contribution is -2.01. The van der Waals surface area contributed by atoms with Gasteiger partial charge in [0, 0.05) is 5.56 Å². The quantitative estimate of drug-likeness (QED) is 0.215. The summed E-state index contributed by atoms with van der Waals surface area (Å²) in [7, 11) is 0. The van der Waals surface area contributed by atoms with E-state index in [2.05, 4.69) is 0 Å². The SMILES string of the molecule is Cc1c(N)c(O)c(N)c(N)c1O. The fraction of sp³-hybridized carbons (Fsp3) is 0.143. The lowest BCUT2D eigenvalue weighted by Gasteiger charge is -2.11. The van der Waals surface area contributed by atoms with E-state index in [-0.39, 0.29) is 28.6 Å². The molecule has 0 aliphatic heterocycles. The van der Waals surface area contributed by atoms with Gasteiger partial charge in [-0.1, -0.05) is 0 Å². The second kappa shape index (κ2) is 2.37. The van der Waals surface area contributed by atoms with Gasteiger partial charge in [0.1, 0.15) is 17.1 Å². The molecule has 5 nitrogen and oxygen atoms in total. The zero-order chi connectivity index (χ0) is 9.46. The number of benzene rings is 1. The third-order valence-corrected chi connectivity index (χ3v) is 1.81. The van der Waals surface area contributed by atoms with Gasteiger partial charge in [-0.3, -0.25) is 0 Å². The average molecular weight is 169 g/mol. The first-order chi connectivity index (χ1) is 5.46. The van der Waals surface area contributed by atoms with Gasteiger partial charge in [0.15, 0.2) is 5.75 Å². The first-order valence-corrected chi connectivity index (χ1v) is 3.31. The van der Waals surface area contributed by atoms with Gasteiger partial charge in [-0.25, -0.2) is 0 Å². The fourth-order valence-corrected chi connectivity index (χ4v) is 0.907. The zero-order valence-corrected chi connectivity index (χ0v) is 6.63. The molecule has 1 rings (SSSR count). The van der Waals surface area contributed by atoms with Gasteiger partial charge in [0.2, 0.25) is 0 Å². The number of phenolic OH excluding ortho intramolecular Hbond substituents is 2. The molecule has 12 heavy (non-hydrogen) atoms. The Kier molecular flexibility index (Phi) is 1.64. The summed E-state index contributed by atoms with van der Waals surface area (Å²) in [6.45, 7) is 1.54. The molecule has 0 atom stereocenters. The Hall–Kier alpha value is -1.78. The topological polar surface area (TPSA) is 119 Å². The van der Waals surface area contributed by atoms with E-state index in [1.165, 1.54) is 0 Å². The van der Waals surface area contributed by atoms with Gasteiger partial charge >= 0.3 is 0 Å². The van der Waals surface area contributed by atoms with E-state index in [0.29, 0.717) is 5.56 Å². The molecule has 8 N–H and O–H groups in total. The molecular formula is C7H11N3O2. The Labute approximate surface area is 69.4 Å². The Morgan fingerprint density at radius 3 is 1.75 bits per heavy atom. The van der Waals surface area contributed by atoms with Gasteiger partial charge in [-0.2, -0.15) is 0 Å². The molecule has 0 saturated carbocycles. The highest BCUT2D eigenvalue weighted by atomic mass is 16.3. The predicted molar refractivity (Wildman–Crippen MR) is 47.7 cm³/mol. The van der Waals surface area contributed by atoms with Crippen molar-refractivity contribution in [2.24, 2.45) is 0 Å². The highest BCUT2D eigenvalue weighted by Crippen LogP contribution is 2.42. The van der Waals surface area contributed by atoms with Crippen molar-refractivity contribution < 1.29 is 10.2 Å². The summed E-state index contributed by atoms with van der Waals surface area (Å²) in [6.07, 6.45) is 0. The van der Waals surface area contributed by atoms with Crippen LogP contribution < -0.4 is 17.2 Å². The van der Waals surface area contributed by atoms with Crippen molar-refractivity contribution in [2.75, 3.05) is 17.2 Å². The van der Waals surface area contributed by atoms with Crippen LogP contribution in [0.15, 0.2) is 0 Å². The Bertz CT molecular complexity index is 231. The molecule has 0 spiro atoms.